The normalized spacial score (nSPS) is 11.5. The summed E-state index contributed by atoms with van der Waals surface area (Å²) in [6.07, 6.45) is 0. The van der Waals surface area contributed by atoms with E-state index in [0.29, 0.717) is 0 Å². The van der Waals surface area contributed by atoms with Crippen molar-refractivity contribution >= 4 is 88.6 Å². The summed E-state index contributed by atoms with van der Waals surface area (Å²) in [5, 5.41) is 5.86. The van der Waals surface area contributed by atoms with E-state index >= 15 is 0 Å². The monoisotopic (exact) mass is 1100 g/mol. The Balaban J connectivity index is 0.818. The Kier molecular flexibility index (Phi) is 12.5. The minimum absolute atomic E-state index is 0.901. The smallest absolute Gasteiger partial charge is 0.0717 e. The number of nitrogens with zero attached hydrogens (tertiary/aromatic N) is 5. The summed E-state index contributed by atoms with van der Waals surface area (Å²) in [7, 11) is 0. The highest BCUT2D eigenvalue weighted by molar-refractivity contribution is 6.12. The van der Waals surface area contributed by atoms with E-state index in [1.165, 1.54) is 54.8 Å². The SMILES string of the molecule is c1ccc(-c2ccc(N(c3ccc(-c4cc(-c5ccccc5)c5cc(N(c6ccc(-c7ccccc7)cc6)c6ccc7c(c6)c6ccccc6n7-c6ccccc6)ccc5n4)cc3)c3ccc4c(c3)c3ccccc3n4-c3ccccc3)cc2)cc1. The van der Waals surface area contributed by atoms with Crippen molar-refractivity contribution in [2.24, 2.45) is 0 Å². The number of benzene rings is 13. The van der Waals surface area contributed by atoms with Crippen molar-refractivity contribution in [3.8, 4) is 56.0 Å². The lowest BCUT2D eigenvalue weighted by atomic mass is 9.97. The van der Waals surface area contributed by atoms with Gasteiger partial charge in [-0.2, -0.15) is 0 Å². The van der Waals surface area contributed by atoms with Crippen LogP contribution in [-0.4, -0.2) is 14.1 Å². The van der Waals surface area contributed by atoms with Crippen LogP contribution in [-0.2, 0) is 0 Å². The predicted octanol–water partition coefficient (Wildman–Crippen LogP) is 22.0. The van der Waals surface area contributed by atoms with Gasteiger partial charge in [-0.05, 0) is 167 Å². The fourth-order valence-electron chi connectivity index (χ4n) is 12.8. The number of rotatable bonds is 12. The van der Waals surface area contributed by atoms with E-state index in [9.17, 15) is 0 Å². The third-order valence-electron chi connectivity index (χ3n) is 16.9. The van der Waals surface area contributed by atoms with Gasteiger partial charge in [-0.3, -0.25) is 0 Å². The van der Waals surface area contributed by atoms with Crippen LogP contribution in [0.4, 0.5) is 34.1 Å². The molecule has 16 rings (SSSR count). The van der Waals surface area contributed by atoms with Gasteiger partial charge in [0.25, 0.3) is 0 Å². The maximum atomic E-state index is 5.51. The molecule has 0 unspecified atom stereocenters. The van der Waals surface area contributed by atoms with Gasteiger partial charge in [0.15, 0.2) is 0 Å². The van der Waals surface area contributed by atoms with Crippen molar-refractivity contribution in [3.05, 3.63) is 334 Å². The quantitative estimate of drug-likeness (QED) is 0.122. The first-order chi connectivity index (χ1) is 42.6. The van der Waals surface area contributed by atoms with Gasteiger partial charge >= 0.3 is 0 Å². The Morgan fingerprint density at radius 2 is 0.547 bits per heavy atom. The lowest BCUT2D eigenvalue weighted by Gasteiger charge is -2.27. The molecule has 0 N–H and O–H groups in total. The number of hydrogen-bond donors (Lipinski definition) is 0. The number of anilines is 6. The highest BCUT2D eigenvalue weighted by atomic mass is 15.1. The lowest BCUT2D eigenvalue weighted by molar-refractivity contribution is 1.18. The van der Waals surface area contributed by atoms with Crippen molar-refractivity contribution in [1.82, 2.24) is 14.1 Å². The van der Waals surface area contributed by atoms with Gasteiger partial charge in [0, 0.05) is 78.0 Å². The Morgan fingerprint density at radius 3 is 1.00 bits per heavy atom. The zero-order chi connectivity index (χ0) is 56.9. The predicted molar refractivity (Wildman–Crippen MR) is 362 cm³/mol. The van der Waals surface area contributed by atoms with E-state index in [2.05, 4.69) is 353 Å². The van der Waals surface area contributed by atoms with E-state index in [-0.39, 0.29) is 0 Å². The van der Waals surface area contributed by atoms with Crippen LogP contribution in [0.1, 0.15) is 0 Å². The molecule has 0 radical (unpaired) electrons. The largest absolute Gasteiger partial charge is 0.310 e. The summed E-state index contributed by atoms with van der Waals surface area (Å²) in [5.41, 5.74) is 23.1. The van der Waals surface area contributed by atoms with E-state index in [0.717, 1.165) is 89.8 Å². The van der Waals surface area contributed by atoms with Gasteiger partial charge in [-0.25, -0.2) is 4.98 Å². The van der Waals surface area contributed by atoms with Crippen LogP contribution in [0.25, 0.3) is 111 Å². The molecule has 86 heavy (non-hydrogen) atoms. The van der Waals surface area contributed by atoms with Crippen LogP contribution >= 0.6 is 0 Å². The fourth-order valence-corrected chi connectivity index (χ4v) is 12.8. The lowest BCUT2D eigenvalue weighted by Crippen LogP contribution is -2.10. The molecule has 0 bridgehead atoms. The van der Waals surface area contributed by atoms with Crippen LogP contribution in [0, 0.1) is 0 Å². The summed E-state index contributed by atoms with van der Waals surface area (Å²) in [5.74, 6) is 0. The second-order valence-corrected chi connectivity index (χ2v) is 21.9. The van der Waals surface area contributed by atoms with Crippen LogP contribution in [0.2, 0.25) is 0 Å². The Labute approximate surface area is 499 Å². The fraction of sp³-hybridized carbons (Fsp3) is 0. The van der Waals surface area contributed by atoms with Gasteiger partial charge in [-0.1, -0.05) is 200 Å². The molecule has 3 heterocycles. The second-order valence-electron chi connectivity index (χ2n) is 21.9. The summed E-state index contributed by atoms with van der Waals surface area (Å²) < 4.78 is 4.75. The van der Waals surface area contributed by atoms with Crippen LogP contribution in [0.15, 0.2) is 334 Å². The molecule has 0 atom stereocenters. The summed E-state index contributed by atoms with van der Waals surface area (Å²) in [4.78, 5) is 10.3. The van der Waals surface area contributed by atoms with Crippen LogP contribution in [0.3, 0.4) is 0 Å². The third-order valence-corrected chi connectivity index (χ3v) is 16.9. The van der Waals surface area contributed by atoms with Gasteiger partial charge in [0.05, 0.1) is 33.3 Å². The number of fused-ring (bicyclic) bond motifs is 7. The van der Waals surface area contributed by atoms with E-state index in [4.69, 9.17) is 4.98 Å². The molecule has 0 aliphatic carbocycles. The zero-order valence-electron chi connectivity index (χ0n) is 47.0. The molecule has 3 aromatic heterocycles. The van der Waals surface area contributed by atoms with Gasteiger partial charge in [0.2, 0.25) is 0 Å². The first-order valence-corrected chi connectivity index (χ1v) is 29.3. The molecule has 404 valence electrons. The van der Waals surface area contributed by atoms with Crippen molar-refractivity contribution in [2.75, 3.05) is 9.80 Å². The first-order valence-electron chi connectivity index (χ1n) is 29.3. The van der Waals surface area contributed by atoms with Gasteiger partial charge in [-0.15, -0.1) is 0 Å². The number of pyridine rings is 1. The number of aromatic nitrogens is 3. The number of para-hydroxylation sites is 4. The van der Waals surface area contributed by atoms with E-state index in [1.54, 1.807) is 0 Å². The van der Waals surface area contributed by atoms with Crippen LogP contribution in [0.5, 0.6) is 0 Å². The summed E-state index contributed by atoms with van der Waals surface area (Å²) in [6.45, 7) is 0. The molecule has 0 spiro atoms. The molecule has 5 nitrogen and oxygen atoms in total. The highest BCUT2D eigenvalue weighted by Crippen LogP contribution is 2.45. The molecule has 16 aromatic rings. The maximum Gasteiger partial charge on any atom is 0.0717 e. The Hall–Kier alpha value is -11.5. The molecule has 13 aromatic carbocycles. The molecule has 0 aliphatic heterocycles. The average Bonchev–Trinajstić information content (AvgIpc) is 3.12. The van der Waals surface area contributed by atoms with Gasteiger partial charge < -0.3 is 18.9 Å². The summed E-state index contributed by atoms with van der Waals surface area (Å²) >= 11 is 0. The second kappa shape index (κ2) is 21.3. The van der Waals surface area contributed by atoms with Crippen molar-refractivity contribution in [3.63, 3.8) is 0 Å². The topological polar surface area (TPSA) is 29.2 Å². The molecule has 0 saturated carbocycles. The van der Waals surface area contributed by atoms with Crippen LogP contribution < -0.4 is 9.80 Å². The summed E-state index contributed by atoms with van der Waals surface area (Å²) in [6, 6.07) is 120. The minimum Gasteiger partial charge on any atom is -0.310 e. The molecule has 0 aliphatic rings. The zero-order valence-corrected chi connectivity index (χ0v) is 47.0. The minimum atomic E-state index is 0.901. The molecule has 0 saturated heterocycles. The molecule has 0 amide bonds. The standard InChI is InChI=1S/C81H55N5/c1-6-20-56(21-7-1)58-34-40-64(41-35-58)83(68-47-50-80-74(53-68)70-30-16-18-32-78(70)85(80)62-26-12-4-13-27-62)65-44-38-61(39-45-65)77-55-72(60-24-10-3-11-25-60)73-52-67(46-49-76(73)82-77)84(66-42-36-59(37-43-66)57-22-8-2-9-23-57)69-48-51-81-75(54-69)71-31-17-19-33-79(71)86(81)63-28-14-5-15-29-63/h1-55H. The molecular weight excluding hydrogens is 1040 g/mol. The van der Waals surface area contributed by atoms with E-state index < -0.39 is 0 Å². The number of hydrogen-bond acceptors (Lipinski definition) is 3. The third kappa shape index (κ3) is 8.94. The highest BCUT2D eigenvalue weighted by Gasteiger charge is 2.22. The molecule has 0 fully saturated rings. The molecule has 5 heteroatoms. The van der Waals surface area contributed by atoms with E-state index in [1.807, 2.05) is 0 Å². The van der Waals surface area contributed by atoms with Crippen molar-refractivity contribution in [2.45, 2.75) is 0 Å². The average molecular weight is 1100 g/mol. The first kappa shape index (κ1) is 50.2. The van der Waals surface area contributed by atoms with Gasteiger partial charge in [0.1, 0.15) is 0 Å². The molecular formula is C81H55N5. The Morgan fingerprint density at radius 1 is 0.221 bits per heavy atom. The van der Waals surface area contributed by atoms with Crippen molar-refractivity contribution in [1.29, 1.82) is 0 Å². The maximum absolute atomic E-state index is 5.51. The van der Waals surface area contributed by atoms with Crippen molar-refractivity contribution < 1.29 is 0 Å². The Bertz CT molecular complexity index is 5120.